The summed E-state index contributed by atoms with van der Waals surface area (Å²) in [7, 11) is 0. The topological polar surface area (TPSA) is 98.7 Å². The molecule has 0 aliphatic carbocycles. The third-order valence-corrected chi connectivity index (χ3v) is 6.25. The molecule has 1 saturated heterocycles. The van der Waals surface area contributed by atoms with Crippen molar-refractivity contribution >= 4 is 52.3 Å². The fourth-order valence-electron chi connectivity index (χ4n) is 3.89. The first-order valence-corrected chi connectivity index (χ1v) is 11.9. The zero-order valence-electron chi connectivity index (χ0n) is 18.7. The SMILES string of the molecule is O=C(Nc1cc(NC(=O)c2ccc(Cl)cc2Cl)c(O)c(C(=O)N2CCCCC2)c1)c1ccccc1. The first-order chi connectivity index (χ1) is 16.8. The third kappa shape index (κ3) is 5.75. The number of phenols is 1. The van der Waals surface area contributed by atoms with Gasteiger partial charge in [0.05, 0.1) is 21.8 Å². The van der Waals surface area contributed by atoms with E-state index in [1.165, 1.54) is 30.3 Å². The number of halogens is 2. The van der Waals surface area contributed by atoms with E-state index in [-0.39, 0.29) is 33.4 Å². The number of piperidine rings is 1. The minimum atomic E-state index is -0.607. The van der Waals surface area contributed by atoms with Crippen molar-refractivity contribution in [2.75, 3.05) is 23.7 Å². The number of nitrogens with zero attached hydrogens (tertiary/aromatic N) is 1. The average Bonchev–Trinajstić information content (AvgIpc) is 2.86. The van der Waals surface area contributed by atoms with Crippen molar-refractivity contribution in [3.05, 3.63) is 87.4 Å². The number of hydrogen-bond donors (Lipinski definition) is 3. The van der Waals surface area contributed by atoms with Crippen LogP contribution in [0, 0.1) is 0 Å². The van der Waals surface area contributed by atoms with Gasteiger partial charge in [-0.2, -0.15) is 0 Å². The highest BCUT2D eigenvalue weighted by molar-refractivity contribution is 6.37. The molecule has 180 valence electrons. The predicted octanol–water partition coefficient (Wildman–Crippen LogP) is 5.83. The molecule has 1 aliphatic heterocycles. The van der Waals surface area contributed by atoms with Crippen LogP contribution >= 0.6 is 23.2 Å². The molecule has 0 bridgehead atoms. The van der Waals surface area contributed by atoms with E-state index in [1.807, 2.05) is 0 Å². The quantitative estimate of drug-likeness (QED) is 0.296. The molecule has 3 aromatic rings. The highest BCUT2D eigenvalue weighted by Gasteiger charge is 2.25. The van der Waals surface area contributed by atoms with Crippen molar-refractivity contribution in [3.8, 4) is 5.75 Å². The molecule has 0 atom stereocenters. The number of aromatic hydroxyl groups is 1. The van der Waals surface area contributed by atoms with Gasteiger partial charge in [0, 0.05) is 29.4 Å². The Kier molecular flexibility index (Phi) is 7.58. The van der Waals surface area contributed by atoms with E-state index in [2.05, 4.69) is 10.6 Å². The van der Waals surface area contributed by atoms with Gasteiger partial charge in [0.15, 0.2) is 5.75 Å². The van der Waals surface area contributed by atoms with Crippen molar-refractivity contribution in [2.24, 2.45) is 0 Å². The van der Waals surface area contributed by atoms with Gasteiger partial charge in [0.1, 0.15) is 0 Å². The van der Waals surface area contributed by atoms with Crippen LogP contribution in [0.4, 0.5) is 11.4 Å². The molecule has 7 nitrogen and oxygen atoms in total. The molecule has 0 aromatic heterocycles. The van der Waals surface area contributed by atoms with Gasteiger partial charge < -0.3 is 20.6 Å². The van der Waals surface area contributed by atoms with Crippen LogP contribution in [0.2, 0.25) is 10.0 Å². The van der Waals surface area contributed by atoms with Crippen LogP contribution in [-0.2, 0) is 0 Å². The summed E-state index contributed by atoms with van der Waals surface area (Å²) in [4.78, 5) is 40.5. The lowest BCUT2D eigenvalue weighted by atomic mass is 10.1. The standard InChI is InChI=1S/C26H23Cl2N3O4/c27-17-9-10-19(21(28)13-17)25(34)30-22-15-18(29-24(33)16-7-3-1-4-8-16)14-20(23(22)32)26(35)31-11-5-2-6-12-31/h1,3-4,7-10,13-15,32H,2,5-6,11-12H2,(H,29,33)(H,30,34). The maximum atomic E-state index is 13.2. The highest BCUT2D eigenvalue weighted by atomic mass is 35.5. The Morgan fingerprint density at radius 2 is 1.51 bits per heavy atom. The van der Waals surface area contributed by atoms with Gasteiger partial charge in [0.2, 0.25) is 0 Å². The molecule has 0 saturated carbocycles. The summed E-state index contributed by atoms with van der Waals surface area (Å²) in [5, 5.41) is 16.8. The first-order valence-electron chi connectivity index (χ1n) is 11.1. The molecular weight excluding hydrogens is 489 g/mol. The van der Waals surface area contributed by atoms with Crippen LogP contribution in [0.25, 0.3) is 0 Å². The molecule has 1 heterocycles. The minimum absolute atomic E-state index is 0.0183. The number of amides is 3. The van der Waals surface area contributed by atoms with Crippen molar-refractivity contribution in [3.63, 3.8) is 0 Å². The largest absolute Gasteiger partial charge is 0.505 e. The fourth-order valence-corrected chi connectivity index (χ4v) is 4.38. The van der Waals surface area contributed by atoms with E-state index in [0.717, 1.165) is 19.3 Å². The number of nitrogens with one attached hydrogen (secondary N) is 2. The maximum absolute atomic E-state index is 13.2. The summed E-state index contributed by atoms with van der Waals surface area (Å²) in [6.45, 7) is 1.14. The summed E-state index contributed by atoms with van der Waals surface area (Å²) >= 11 is 12.1. The van der Waals surface area contributed by atoms with Gasteiger partial charge in [-0.25, -0.2) is 0 Å². The third-order valence-electron chi connectivity index (χ3n) is 5.70. The number of likely N-dealkylation sites (tertiary alicyclic amines) is 1. The van der Waals surface area contributed by atoms with Crippen LogP contribution in [-0.4, -0.2) is 40.8 Å². The number of carbonyl (C=O) groups excluding carboxylic acids is 3. The van der Waals surface area contributed by atoms with Gasteiger partial charge in [0.25, 0.3) is 17.7 Å². The Morgan fingerprint density at radius 1 is 0.800 bits per heavy atom. The molecule has 3 N–H and O–H groups in total. The number of carbonyl (C=O) groups is 3. The summed E-state index contributed by atoms with van der Waals surface area (Å²) in [6, 6.07) is 15.8. The lowest BCUT2D eigenvalue weighted by Crippen LogP contribution is -2.35. The Morgan fingerprint density at radius 3 is 2.20 bits per heavy atom. The van der Waals surface area contributed by atoms with E-state index in [1.54, 1.807) is 35.2 Å². The van der Waals surface area contributed by atoms with Crippen LogP contribution in [0.5, 0.6) is 5.75 Å². The molecule has 3 aromatic carbocycles. The number of rotatable bonds is 5. The Balaban J connectivity index is 1.69. The average molecular weight is 512 g/mol. The molecular formula is C26H23Cl2N3O4. The lowest BCUT2D eigenvalue weighted by molar-refractivity contribution is 0.0720. The van der Waals surface area contributed by atoms with Crippen LogP contribution in [0.3, 0.4) is 0 Å². The number of benzene rings is 3. The van der Waals surface area contributed by atoms with E-state index in [4.69, 9.17) is 23.2 Å². The van der Waals surface area contributed by atoms with Gasteiger partial charge in [-0.05, 0) is 61.7 Å². The van der Waals surface area contributed by atoms with Gasteiger partial charge in [-0.15, -0.1) is 0 Å². The van der Waals surface area contributed by atoms with Gasteiger partial charge in [-0.1, -0.05) is 41.4 Å². The molecule has 9 heteroatoms. The van der Waals surface area contributed by atoms with Crippen molar-refractivity contribution < 1.29 is 19.5 Å². The maximum Gasteiger partial charge on any atom is 0.257 e. The Bertz CT molecular complexity index is 1280. The molecule has 4 rings (SSSR count). The number of hydrogen-bond acceptors (Lipinski definition) is 4. The zero-order valence-corrected chi connectivity index (χ0v) is 20.2. The number of phenolic OH excluding ortho intramolecular Hbond substituents is 1. The first kappa shape index (κ1) is 24.6. The molecule has 0 unspecified atom stereocenters. The van der Waals surface area contributed by atoms with Crippen molar-refractivity contribution in [1.82, 2.24) is 4.90 Å². The van der Waals surface area contributed by atoms with Gasteiger partial charge >= 0.3 is 0 Å². The second-order valence-electron chi connectivity index (χ2n) is 8.17. The molecule has 3 amide bonds. The second kappa shape index (κ2) is 10.8. The Hall–Kier alpha value is -3.55. The summed E-state index contributed by atoms with van der Waals surface area (Å²) in [6.07, 6.45) is 2.78. The van der Waals surface area contributed by atoms with Crippen molar-refractivity contribution in [1.29, 1.82) is 0 Å². The molecule has 0 spiro atoms. The van der Waals surface area contributed by atoms with Crippen LogP contribution in [0.1, 0.15) is 50.3 Å². The minimum Gasteiger partial charge on any atom is -0.505 e. The molecule has 1 aliphatic rings. The van der Waals surface area contributed by atoms with E-state index in [9.17, 15) is 19.5 Å². The van der Waals surface area contributed by atoms with E-state index in [0.29, 0.717) is 23.7 Å². The molecule has 0 radical (unpaired) electrons. The van der Waals surface area contributed by atoms with Crippen LogP contribution < -0.4 is 10.6 Å². The fraction of sp³-hybridized carbons (Fsp3) is 0.192. The van der Waals surface area contributed by atoms with Gasteiger partial charge in [-0.3, -0.25) is 14.4 Å². The summed E-state index contributed by atoms with van der Waals surface area (Å²) in [5.41, 5.74) is 0.748. The molecule has 35 heavy (non-hydrogen) atoms. The summed E-state index contributed by atoms with van der Waals surface area (Å²) in [5.74, 6) is -1.77. The van der Waals surface area contributed by atoms with Crippen LogP contribution in [0.15, 0.2) is 60.7 Å². The predicted molar refractivity (Wildman–Crippen MR) is 137 cm³/mol. The Labute approximate surface area is 212 Å². The second-order valence-corrected chi connectivity index (χ2v) is 9.01. The normalized spacial score (nSPS) is 13.3. The highest BCUT2D eigenvalue weighted by Crippen LogP contribution is 2.34. The van der Waals surface area contributed by atoms with E-state index < -0.39 is 17.6 Å². The van der Waals surface area contributed by atoms with E-state index >= 15 is 0 Å². The summed E-state index contributed by atoms with van der Waals surface area (Å²) < 4.78 is 0. The lowest BCUT2D eigenvalue weighted by Gasteiger charge is -2.27. The van der Waals surface area contributed by atoms with Crippen molar-refractivity contribution in [2.45, 2.75) is 19.3 Å². The molecule has 1 fully saturated rings. The monoisotopic (exact) mass is 511 g/mol. The smallest absolute Gasteiger partial charge is 0.257 e. The zero-order chi connectivity index (χ0) is 24.9. The number of anilines is 2.